The van der Waals surface area contributed by atoms with Crippen LogP contribution in [0.2, 0.25) is 0 Å². The first-order valence-corrected chi connectivity index (χ1v) is 8.52. The lowest BCUT2D eigenvalue weighted by atomic mass is 10.1. The summed E-state index contributed by atoms with van der Waals surface area (Å²) in [4.78, 5) is 0. The van der Waals surface area contributed by atoms with Crippen LogP contribution in [-0.2, 0) is 9.47 Å². The van der Waals surface area contributed by atoms with Crippen LogP contribution in [0.15, 0.2) is 0 Å². The summed E-state index contributed by atoms with van der Waals surface area (Å²) < 4.78 is 10.9. The molecular weight excluding hydrogens is 252 g/mol. The van der Waals surface area contributed by atoms with Crippen LogP contribution in [-0.4, -0.2) is 30.2 Å². The fourth-order valence-corrected chi connectivity index (χ4v) is 2.50. The van der Waals surface area contributed by atoms with Crippen molar-refractivity contribution in [3.63, 3.8) is 0 Å². The molecule has 0 amide bonds. The Morgan fingerprint density at radius 3 is 2.10 bits per heavy atom. The number of unbranched alkanes of at least 4 members (excludes halogenated alkanes) is 9. The largest absolute Gasteiger partial charge is 0.393 e. The molecule has 1 saturated heterocycles. The Bertz CT molecular complexity index is 218. The van der Waals surface area contributed by atoms with Gasteiger partial charge in [-0.1, -0.05) is 64.7 Å². The molecule has 0 aliphatic carbocycles. The molecule has 0 saturated carbocycles. The van der Waals surface area contributed by atoms with Crippen molar-refractivity contribution in [3.8, 4) is 0 Å². The van der Waals surface area contributed by atoms with Gasteiger partial charge < -0.3 is 14.6 Å². The van der Waals surface area contributed by atoms with Gasteiger partial charge in [0.1, 0.15) is 6.10 Å². The zero-order valence-corrected chi connectivity index (χ0v) is 13.2. The van der Waals surface area contributed by atoms with Gasteiger partial charge >= 0.3 is 0 Å². The predicted molar refractivity (Wildman–Crippen MR) is 82.4 cm³/mol. The van der Waals surface area contributed by atoms with Gasteiger partial charge in [-0.05, 0) is 13.3 Å². The first-order chi connectivity index (χ1) is 9.74. The van der Waals surface area contributed by atoms with Crippen molar-refractivity contribution in [1.82, 2.24) is 0 Å². The van der Waals surface area contributed by atoms with Crippen molar-refractivity contribution in [2.45, 2.75) is 96.1 Å². The molecule has 0 aromatic rings. The van der Waals surface area contributed by atoms with Crippen molar-refractivity contribution in [2.75, 3.05) is 6.61 Å². The highest BCUT2D eigenvalue weighted by Crippen LogP contribution is 2.27. The quantitative estimate of drug-likeness (QED) is 0.383. The highest BCUT2D eigenvalue weighted by atomic mass is 16.8. The molecule has 1 rings (SSSR count). The Morgan fingerprint density at radius 2 is 1.55 bits per heavy atom. The van der Waals surface area contributed by atoms with Crippen molar-refractivity contribution in [2.24, 2.45) is 0 Å². The molecule has 119 valence electrons. The van der Waals surface area contributed by atoms with Crippen LogP contribution >= 0.6 is 0 Å². The SMILES string of the molecule is [CH2]C(O)CC1OC1OCCCCCCCCCCCC. The third kappa shape index (κ3) is 9.73. The van der Waals surface area contributed by atoms with Crippen LogP contribution in [0.25, 0.3) is 0 Å². The first kappa shape index (κ1) is 17.9. The lowest BCUT2D eigenvalue weighted by molar-refractivity contribution is 0.0477. The molecule has 0 aromatic heterocycles. The van der Waals surface area contributed by atoms with Gasteiger partial charge in [0, 0.05) is 13.0 Å². The van der Waals surface area contributed by atoms with E-state index in [0.29, 0.717) is 6.42 Å². The zero-order valence-electron chi connectivity index (χ0n) is 13.2. The second-order valence-corrected chi connectivity index (χ2v) is 5.99. The third-order valence-electron chi connectivity index (χ3n) is 3.82. The average Bonchev–Trinajstić information content (AvgIpc) is 3.13. The molecule has 1 fully saturated rings. The normalized spacial score (nSPS) is 22.9. The van der Waals surface area contributed by atoms with Gasteiger partial charge in [-0.15, -0.1) is 0 Å². The van der Waals surface area contributed by atoms with Gasteiger partial charge in [0.15, 0.2) is 6.29 Å². The van der Waals surface area contributed by atoms with Crippen LogP contribution < -0.4 is 0 Å². The smallest absolute Gasteiger partial charge is 0.184 e. The summed E-state index contributed by atoms with van der Waals surface area (Å²) in [5.74, 6) is 0. The van der Waals surface area contributed by atoms with E-state index in [1.807, 2.05) is 0 Å². The maximum atomic E-state index is 9.09. The highest BCUT2D eigenvalue weighted by Gasteiger charge is 2.40. The molecule has 1 N–H and O–H groups in total. The molecular formula is C17H33O3. The lowest BCUT2D eigenvalue weighted by Crippen LogP contribution is -2.08. The fourth-order valence-electron chi connectivity index (χ4n) is 2.50. The van der Waals surface area contributed by atoms with Crippen LogP contribution in [0, 0.1) is 6.92 Å². The van der Waals surface area contributed by atoms with Gasteiger partial charge in [0.25, 0.3) is 0 Å². The minimum Gasteiger partial charge on any atom is -0.393 e. The lowest BCUT2D eigenvalue weighted by Gasteiger charge is -2.03. The molecule has 1 radical (unpaired) electrons. The molecule has 0 bridgehead atoms. The topological polar surface area (TPSA) is 42.0 Å². The number of aliphatic hydroxyl groups is 1. The van der Waals surface area contributed by atoms with Gasteiger partial charge in [0.2, 0.25) is 0 Å². The summed E-state index contributed by atoms with van der Waals surface area (Å²) in [5, 5.41) is 9.09. The van der Waals surface area contributed by atoms with E-state index in [1.54, 1.807) is 0 Å². The van der Waals surface area contributed by atoms with Crippen LogP contribution in [0.4, 0.5) is 0 Å². The van der Waals surface area contributed by atoms with Crippen LogP contribution in [0.1, 0.15) is 77.6 Å². The number of hydrogen-bond donors (Lipinski definition) is 1. The van der Waals surface area contributed by atoms with E-state index in [0.717, 1.165) is 13.0 Å². The number of epoxide rings is 1. The molecule has 0 spiro atoms. The summed E-state index contributed by atoms with van der Waals surface area (Å²) in [6.45, 7) is 6.58. The predicted octanol–water partition coefficient (Wildman–Crippen LogP) is 4.23. The van der Waals surface area contributed by atoms with Crippen molar-refractivity contribution in [3.05, 3.63) is 6.92 Å². The second-order valence-electron chi connectivity index (χ2n) is 5.99. The molecule has 3 unspecified atom stereocenters. The Balaban J connectivity index is 1.71. The van der Waals surface area contributed by atoms with Gasteiger partial charge in [0.05, 0.1) is 6.10 Å². The maximum Gasteiger partial charge on any atom is 0.184 e. The molecule has 3 nitrogen and oxygen atoms in total. The summed E-state index contributed by atoms with van der Waals surface area (Å²) >= 11 is 0. The highest BCUT2D eigenvalue weighted by molar-refractivity contribution is 4.80. The fraction of sp³-hybridized carbons (Fsp3) is 0.941. The molecule has 20 heavy (non-hydrogen) atoms. The van der Waals surface area contributed by atoms with E-state index in [2.05, 4.69) is 13.8 Å². The Kier molecular flexibility index (Phi) is 10.3. The standard InChI is InChI=1S/C17H33O3/c1-3-4-5-6-7-8-9-10-11-12-13-19-17-16(20-17)14-15(2)18/h15-18H,2-14H2,1H3. The molecule has 1 aliphatic rings. The van der Waals surface area contributed by atoms with Crippen molar-refractivity contribution in [1.29, 1.82) is 0 Å². The number of rotatable bonds is 14. The molecule has 1 heterocycles. The minimum absolute atomic E-state index is 0.0746. The third-order valence-corrected chi connectivity index (χ3v) is 3.82. The van der Waals surface area contributed by atoms with Gasteiger partial charge in [-0.3, -0.25) is 0 Å². The first-order valence-electron chi connectivity index (χ1n) is 8.52. The van der Waals surface area contributed by atoms with Crippen LogP contribution in [0.5, 0.6) is 0 Å². The summed E-state index contributed by atoms with van der Waals surface area (Å²) in [5.41, 5.74) is 0. The van der Waals surface area contributed by atoms with E-state index in [4.69, 9.17) is 14.6 Å². The monoisotopic (exact) mass is 285 g/mol. The zero-order chi connectivity index (χ0) is 14.6. The number of ether oxygens (including phenoxy) is 2. The van der Waals surface area contributed by atoms with E-state index in [9.17, 15) is 0 Å². The summed E-state index contributed by atoms with van der Waals surface area (Å²) in [6, 6.07) is 0. The molecule has 3 heteroatoms. The Hall–Kier alpha value is -0.120. The second kappa shape index (κ2) is 11.5. The van der Waals surface area contributed by atoms with E-state index in [-0.39, 0.29) is 12.4 Å². The van der Waals surface area contributed by atoms with Crippen LogP contribution in [0.3, 0.4) is 0 Å². The van der Waals surface area contributed by atoms with E-state index < -0.39 is 6.10 Å². The molecule has 3 atom stereocenters. The number of aliphatic hydroxyl groups excluding tert-OH is 1. The van der Waals surface area contributed by atoms with Crippen molar-refractivity contribution >= 4 is 0 Å². The molecule has 1 aliphatic heterocycles. The maximum absolute atomic E-state index is 9.09. The van der Waals surface area contributed by atoms with Gasteiger partial charge in [-0.25, -0.2) is 0 Å². The summed E-state index contributed by atoms with van der Waals surface area (Å²) in [7, 11) is 0. The Morgan fingerprint density at radius 1 is 1.00 bits per heavy atom. The summed E-state index contributed by atoms with van der Waals surface area (Å²) in [6.07, 6.45) is 13.5. The number of hydrogen-bond acceptors (Lipinski definition) is 3. The Labute approximate surface area is 125 Å². The van der Waals surface area contributed by atoms with Gasteiger partial charge in [-0.2, -0.15) is 0 Å². The van der Waals surface area contributed by atoms with E-state index in [1.165, 1.54) is 57.8 Å². The van der Waals surface area contributed by atoms with Crippen molar-refractivity contribution < 1.29 is 14.6 Å². The van der Waals surface area contributed by atoms with E-state index >= 15 is 0 Å². The average molecular weight is 285 g/mol. The minimum atomic E-state index is -0.536. The molecule has 0 aromatic carbocycles.